The molecule has 0 amide bonds. The summed E-state index contributed by atoms with van der Waals surface area (Å²) in [5.74, 6) is -1.00. The van der Waals surface area contributed by atoms with Gasteiger partial charge in [-0.2, -0.15) is 10.4 Å². The summed E-state index contributed by atoms with van der Waals surface area (Å²) in [4.78, 5) is 11.3. The molecule has 1 aromatic carbocycles. The van der Waals surface area contributed by atoms with Crippen LogP contribution in [0.2, 0.25) is 0 Å². The molecule has 0 fully saturated rings. The molecule has 102 valence electrons. The zero-order chi connectivity index (χ0) is 14.7. The van der Waals surface area contributed by atoms with Gasteiger partial charge in [0.15, 0.2) is 0 Å². The predicted molar refractivity (Wildman–Crippen MR) is 74.3 cm³/mol. The van der Waals surface area contributed by atoms with Crippen LogP contribution in [-0.4, -0.2) is 20.9 Å². The van der Waals surface area contributed by atoms with Crippen LogP contribution in [0, 0.1) is 11.3 Å². The first-order valence-corrected chi connectivity index (χ1v) is 6.39. The highest BCUT2D eigenvalue weighted by Gasteiger charge is 2.18. The summed E-state index contributed by atoms with van der Waals surface area (Å²) in [7, 11) is 0. The van der Waals surface area contributed by atoms with Crippen LogP contribution < -0.4 is 0 Å². The van der Waals surface area contributed by atoms with Gasteiger partial charge in [0.1, 0.15) is 11.3 Å². The van der Waals surface area contributed by atoms with Crippen LogP contribution in [-0.2, 0) is 0 Å². The molecule has 0 saturated heterocycles. The van der Waals surface area contributed by atoms with Crippen LogP contribution >= 0.6 is 0 Å². The smallest absolute Gasteiger partial charge is 0.339 e. The summed E-state index contributed by atoms with van der Waals surface area (Å²) in [5, 5.41) is 22.5. The molecular weight excluding hydrogens is 254 g/mol. The van der Waals surface area contributed by atoms with Crippen molar-refractivity contribution in [2.75, 3.05) is 0 Å². The van der Waals surface area contributed by atoms with Gasteiger partial charge in [-0.1, -0.05) is 19.1 Å². The normalized spacial score (nSPS) is 11.8. The largest absolute Gasteiger partial charge is 0.478 e. The summed E-state index contributed by atoms with van der Waals surface area (Å²) >= 11 is 0. The van der Waals surface area contributed by atoms with Gasteiger partial charge >= 0.3 is 5.97 Å². The number of rotatable bonds is 4. The zero-order valence-corrected chi connectivity index (χ0v) is 11.4. The molecule has 0 radical (unpaired) electrons. The van der Waals surface area contributed by atoms with E-state index in [1.54, 1.807) is 35.1 Å². The molecule has 5 nitrogen and oxygen atoms in total. The number of carbonyl (C=O) groups is 1. The van der Waals surface area contributed by atoms with Crippen molar-refractivity contribution >= 4 is 5.97 Å². The Hall–Kier alpha value is -2.61. The van der Waals surface area contributed by atoms with E-state index in [1.165, 1.54) is 0 Å². The van der Waals surface area contributed by atoms with Crippen LogP contribution in [0.1, 0.15) is 42.2 Å². The number of nitriles is 1. The highest BCUT2D eigenvalue weighted by atomic mass is 16.4. The molecule has 20 heavy (non-hydrogen) atoms. The monoisotopic (exact) mass is 269 g/mol. The third-order valence-electron chi connectivity index (χ3n) is 3.29. The summed E-state index contributed by atoms with van der Waals surface area (Å²) in [6, 6.07) is 8.92. The number of nitrogens with zero attached hydrogens (tertiary/aromatic N) is 3. The van der Waals surface area contributed by atoms with Crippen LogP contribution in [0.15, 0.2) is 30.5 Å². The topological polar surface area (TPSA) is 78.9 Å². The number of hydrogen-bond donors (Lipinski definition) is 1. The van der Waals surface area contributed by atoms with E-state index in [0.29, 0.717) is 16.8 Å². The van der Waals surface area contributed by atoms with E-state index < -0.39 is 5.97 Å². The number of aromatic carboxylic acids is 1. The van der Waals surface area contributed by atoms with Crippen LogP contribution in [0.4, 0.5) is 0 Å². The van der Waals surface area contributed by atoms with Crippen LogP contribution in [0.3, 0.4) is 0 Å². The lowest BCUT2D eigenvalue weighted by molar-refractivity contribution is 0.0697. The Labute approximate surface area is 117 Å². The fourth-order valence-corrected chi connectivity index (χ4v) is 1.88. The van der Waals surface area contributed by atoms with Crippen molar-refractivity contribution < 1.29 is 9.90 Å². The van der Waals surface area contributed by atoms with E-state index in [-0.39, 0.29) is 11.6 Å². The van der Waals surface area contributed by atoms with Gasteiger partial charge in [0.2, 0.25) is 0 Å². The second kappa shape index (κ2) is 5.57. The molecule has 0 aliphatic rings. The van der Waals surface area contributed by atoms with Crippen molar-refractivity contribution in [2.24, 2.45) is 0 Å². The summed E-state index contributed by atoms with van der Waals surface area (Å²) in [6.07, 6.45) is 2.43. The molecule has 5 heteroatoms. The van der Waals surface area contributed by atoms with E-state index in [4.69, 9.17) is 5.26 Å². The van der Waals surface area contributed by atoms with E-state index in [0.717, 1.165) is 6.42 Å². The standard InChI is InChI=1S/C15H15N3O2/c1-3-10(2)18-9-13(15(19)20)14(17-18)12-6-4-11(8-16)5-7-12/h4-7,9-10H,3H2,1-2H3,(H,19,20). The molecule has 0 bridgehead atoms. The van der Waals surface area contributed by atoms with E-state index >= 15 is 0 Å². The Morgan fingerprint density at radius 2 is 2.10 bits per heavy atom. The molecule has 0 spiro atoms. The second-order valence-electron chi connectivity index (χ2n) is 4.62. The first kappa shape index (κ1) is 13.8. The molecular formula is C15H15N3O2. The molecule has 1 atom stereocenters. The molecule has 0 aliphatic heterocycles. The lowest BCUT2D eigenvalue weighted by Gasteiger charge is -2.07. The summed E-state index contributed by atoms with van der Waals surface area (Å²) in [6.45, 7) is 4.01. The molecule has 1 aromatic heterocycles. The van der Waals surface area contributed by atoms with Crippen LogP contribution in [0.5, 0.6) is 0 Å². The Balaban J connectivity index is 2.51. The van der Waals surface area contributed by atoms with Gasteiger partial charge in [0, 0.05) is 17.8 Å². The minimum Gasteiger partial charge on any atom is -0.478 e. The van der Waals surface area contributed by atoms with Crippen molar-refractivity contribution in [1.29, 1.82) is 5.26 Å². The number of carboxylic acids is 1. The third kappa shape index (κ3) is 2.54. The van der Waals surface area contributed by atoms with Gasteiger partial charge in [0.25, 0.3) is 0 Å². The SMILES string of the molecule is CCC(C)n1cc(C(=O)O)c(-c2ccc(C#N)cc2)n1. The molecule has 2 aromatic rings. The summed E-state index contributed by atoms with van der Waals surface area (Å²) in [5.41, 5.74) is 1.84. The second-order valence-corrected chi connectivity index (χ2v) is 4.62. The fourth-order valence-electron chi connectivity index (χ4n) is 1.88. The average Bonchev–Trinajstić information content (AvgIpc) is 2.92. The lowest BCUT2D eigenvalue weighted by atomic mass is 10.1. The third-order valence-corrected chi connectivity index (χ3v) is 3.29. The lowest BCUT2D eigenvalue weighted by Crippen LogP contribution is -2.04. The quantitative estimate of drug-likeness (QED) is 0.925. The van der Waals surface area contributed by atoms with Crippen molar-refractivity contribution in [1.82, 2.24) is 9.78 Å². The number of hydrogen-bond acceptors (Lipinski definition) is 3. The molecule has 1 N–H and O–H groups in total. The molecule has 0 aliphatic carbocycles. The maximum absolute atomic E-state index is 11.3. The van der Waals surface area contributed by atoms with Crippen molar-refractivity contribution in [3.05, 3.63) is 41.6 Å². The Morgan fingerprint density at radius 1 is 1.45 bits per heavy atom. The highest BCUT2D eigenvalue weighted by molar-refractivity contribution is 5.94. The van der Waals surface area contributed by atoms with Gasteiger partial charge in [-0.25, -0.2) is 4.79 Å². The van der Waals surface area contributed by atoms with Gasteiger partial charge in [-0.3, -0.25) is 4.68 Å². The first-order chi connectivity index (χ1) is 9.56. The molecule has 2 rings (SSSR count). The molecule has 1 heterocycles. The van der Waals surface area contributed by atoms with Gasteiger partial charge < -0.3 is 5.11 Å². The Morgan fingerprint density at radius 3 is 2.60 bits per heavy atom. The van der Waals surface area contributed by atoms with E-state index in [1.807, 2.05) is 19.9 Å². The van der Waals surface area contributed by atoms with Crippen molar-refractivity contribution in [2.45, 2.75) is 26.3 Å². The maximum Gasteiger partial charge on any atom is 0.339 e. The Kier molecular flexibility index (Phi) is 3.85. The maximum atomic E-state index is 11.3. The van der Waals surface area contributed by atoms with Crippen molar-refractivity contribution in [3.8, 4) is 17.3 Å². The zero-order valence-electron chi connectivity index (χ0n) is 11.4. The van der Waals surface area contributed by atoms with Gasteiger partial charge in [-0.05, 0) is 25.5 Å². The minimum absolute atomic E-state index is 0.139. The summed E-state index contributed by atoms with van der Waals surface area (Å²) < 4.78 is 1.68. The number of aromatic nitrogens is 2. The van der Waals surface area contributed by atoms with Gasteiger partial charge in [-0.15, -0.1) is 0 Å². The van der Waals surface area contributed by atoms with Crippen LogP contribution in [0.25, 0.3) is 11.3 Å². The van der Waals surface area contributed by atoms with E-state index in [2.05, 4.69) is 5.10 Å². The molecule has 0 saturated carbocycles. The average molecular weight is 269 g/mol. The van der Waals surface area contributed by atoms with E-state index in [9.17, 15) is 9.90 Å². The first-order valence-electron chi connectivity index (χ1n) is 6.39. The minimum atomic E-state index is -1.00. The number of carboxylic acid groups (broad SMARTS) is 1. The van der Waals surface area contributed by atoms with Gasteiger partial charge in [0.05, 0.1) is 11.6 Å². The molecule has 1 unspecified atom stereocenters. The highest BCUT2D eigenvalue weighted by Crippen LogP contribution is 2.24. The fraction of sp³-hybridized carbons (Fsp3) is 0.267. The Bertz CT molecular complexity index is 665. The number of benzene rings is 1. The predicted octanol–water partition coefficient (Wildman–Crippen LogP) is 3.09. The van der Waals surface area contributed by atoms with Crippen molar-refractivity contribution in [3.63, 3.8) is 0 Å².